The Morgan fingerprint density at radius 3 is 2.42 bits per heavy atom. The first-order valence-electron chi connectivity index (χ1n) is 9.70. The first kappa shape index (κ1) is 20.7. The van der Waals surface area contributed by atoms with Crippen LogP contribution in [-0.2, 0) is 9.53 Å². The van der Waals surface area contributed by atoms with Crippen LogP contribution in [0.2, 0.25) is 0 Å². The highest BCUT2D eigenvalue weighted by Crippen LogP contribution is 2.30. The zero-order valence-corrected chi connectivity index (χ0v) is 16.6. The number of hydrogen-bond donors (Lipinski definition) is 2. The Bertz CT molecular complexity index is 545. The molecule has 1 fully saturated rings. The SMILES string of the molecule is COCC1(C(=O)NC(C)c2ccc(OCCC(C)C)cc2)CCNCC1. The maximum Gasteiger partial charge on any atom is 0.229 e. The van der Waals surface area contributed by atoms with E-state index in [2.05, 4.69) is 24.5 Å². The van der Waals surface area contributed by atoms with Crippen molar-refractivity contribution in [3.8, 4) is 5.75 Å². The van der Waals surface area contributed by atoms with Gasteiger partial charge in [0.25, 0.3) is 0 Å². The lowest BCUT2D eigenvalue weighted by molar-refractivity contribution is -0.136. The number of nitrogens with one attached hydrogen (secondary N) is 2. The largest absolute Gasteiger partial charge is 0.494 e. The van der Waals surface area contributed by atoms with Crippen molar-refractivity contribution in [1.82, 2.24) is 10.6 Å². The lowest BCUT2D eigenvalue weighted by atomic mass is 9.78. The van der Waals surface area contributed by atoms with Crippen LogP contribution in [0.25, 0.3) is 0 Å². The van der Waals surface area contributed by atoms with E-state index in [1.807, 2.05) is 31.2 Å². The monoisotopic (exact) mass is 362 g/mol. The Morgan fingerprint density at radius 1 is 1.19 bits per heavy atom. The third-order valence-electron chi connectivity index (χ3n) is 5.15. The average molecular weight is 363 g/mol. The summed E-state index contributed by atoms with van der Waals surface area (Å²) >= 11 is 0. The van der Waals surface area contributed by atoms with Gasteiger partial charge in [-0.2, -0.15) is 0 Å². The van der Waals surface area contributed by atoms with Gasteiger partial charge in [-0.1, -0.05) is 26.0 Å². The van der Waals surface area contributed by atoms with Gasteiger partial charge in [0.15, 0.2) is 0 Å². The zero-order chi connectivity index (χ0) is 19.0. The highest BCUT2D eigenvalue weighted by Gasteiger charge is 2.40. The molecular weight excluding hydrogens is 328 g/mol. The summed E-state index contributed by atoms with van der Waals surface area (Å²) in [6, 6.07) is 7.97. The summed E-state index contributed by atoms with van der Waals surface area (Å²) in [6.45, 7) is 9.31. The Labute approximate surface area is 157 Å². The van der Waals surface area contributed by atoms with E-state index in [1.54, 1.807) is 7.11 Å². The molecule has 1 aliphatic rings. The first-order chi connectivity index (χ1) is 12.5. The molecule has 0 spiro atoms. The second kappa shape index (κ2) is 9.93. The molecule has 1 aromatic rings. The molecule has 1 amide bonds. The fourth-order valence-corrected chi connectivity index (χ4v) is 3.32. The molecule has 2 rings (SSSR count). The minimum atomic E-state index is -0.422. The van der Waals surface area contributed by atoms with Gasteiger partial charge in [-0.15, -0.1) is 0 Å². The first-order valence-corrected chi connectivity index (χ1v) is 9.70. The van der Waals surface area contributed by atoms with Gasteiger partial charge in [-0.3, -0.25) is 4.79 Å². The number of methoxy groups -OCH3 is 1. The molecule has 146 valence electrons. The topological polar surface area (TPSA) is 59.6 Å². The Hall–Kier alpha value is -1.59. The fraction of sp³-hybridized carbons (Fsp3) is 0.667. The number of rotatable bonds is 9. The lowest BCUT2D eigenvalue weighted by Gasteiger charge is -2.36. The Kier molecular flexibility index (Phi) is 7.91. The van der Waals surface area contributed by atoms with Gasteiger partial charge in [0, 0.05) is 7.11 Å². The van der Waals surface area contributed by atoms with E-state index in [4.69, 9.17) is 9.47 Å². The van der Waals surface area contributed by atoms with Crippen LogP contribution < -0.4 is 15.4 Å². The molecule has 0 radical (unpaired) electrons. The fourth-order valence-electron chi connectivity index (χ4n) is 3.32. The van der Waals surface area contributed by atoms with Crippen molar-refractivity contribution < 1.29 is 14.3 Å². The number of carbonyl (C=O) groups excluding carboxylic acids is 1. The van der Waals surface area contributed by atoms with Gasteiger partial charge in [-0.25, -0.2) is 0 Å². The van der Waals surface area contributed by atoms with Crippen LogP contribution in [0.3, 0.4) is 0 Å². The van der Waals surface area contributed by atoms with Crippen molar-refractivity contribution in [3.63, 3.8) is 0 Å². The van der Waals surface area contributed by atoms with Crippen LogP contribution in [-0.4, -0.2) is 39.3 Å². The van der Waals surface area contributed by atoms with E-state index in [0.717, 1.165) is 50.3 Å². The van der Waals surface area contributed by atoms with Gasteiger partial charge in [-0.05, 0) is 62.9 Å². The van der Waals surface area contributed by atoms with Crippen LogP contribution in [0.4, 0.5) is 0 Å². The summed E-state index contributed by atoms with van der Waals surface area (Å²) in [7, 11) is 1.67. The summed E-state index contributed by atoms with van der Waals surface area (Å²) in [5, 5.41) is 6.50. The van der Waals surface area contributed by atoms with Gasteiger partial charge in [0.05, 0.1) is 24.7 Å². The predicted octanol–water partition coefficient (Wildman–Crippen LogP) is 3.30. The molecule has 0 saturated carbocycles. The Morgan fingerprint density at radius 2 is 1.85 bits per heavy atom. The maximum atomic E-state index is 12.9. The van der Waals surface area contributed by atoms with Crippen LogP contribution in [0.15, 0.2) is 24.3 Å². The molecule has 0 aliphatic carbocycles. The summed E-state index contributed by atoms with van der Waals surface area (Å²) in [4.78, 5) is 12.9. The number of amides is 1. The van der Waals surface area contributed by atoms with Crippen molar-refractivity contribution >= 4 is 5.91 Å². The van der Waals surface area contributed by atoms with Gasteiger partial charge in [0.2, 0.25) is 5.91 Å². The summed E-state index contributed by atoms with van der Waals surface area (Å²) in [5.41, 5.74) is 0.657. The van der Waals surface area contributed by atoms with E-state index in [1.165, 1.54) is 0 Å². The van der Waals surface area contributed by atoms with E-state index < -0.39 is 5.41 Å². The summed E-state index contributed by atoms with van der Waals surface area (Å²) in [6.07, 6.45) is 2.66. The molecule has 2 N–H and O–H groups in total. The molecule has 26 heavy (non-hydrogen) atoms. The minimum absolute atomic E-state index is 0.0455. The standard InChI is InChI=1S/C21H34N2O3/c1-16(2)9-14-26-19-7-5-18(6-8-19)17(3)23-20(24)21(15-25-4)10-12-22-13-11-21/h5-8,16-17,22H,9-15H2,1-4H3,(H,23,24). The minimum Gasteiger partial charge on any atom is -0.494 e. The van der Waals surface area contributed by atoms with Crippen molar-refractivity contribution in [2.45, 2.75) is 46.1 Å². The second-order valence-electron chi connectivity index (χ2n) is 7.76. The predicted molar refractivity (Wildman–Crippen MR) is 104 cm³/mol. The van der Waals surface area contributed by atoms with Crippen molar-refractivity contribution in [2.75, 3.05) is 33.4 Å². The molecular formula is C21H34N2O3. The molecule has 5 heteroatoms. The number of benzene rings is 1. The number of piperidine rings is 1. The molecule has 1 aromatic carbocycles. The highest BCUT2D eigenvalue weighted by atomic mass is 16.5. The normalized spacial score (nSPS) is 17.7. The van der Waals surface area contributed by atoms with Gasteiger partial charge >= 0.3 is 0 Å². The molecule has 5 nitrogen and oxygen atoms in total. The summed E-state index contributed by atoms with van der Waals surface area (Å²) in [5.74, 6) is 1.60. The lowest BCUT2D eigenvalue weighted by Crippen LogP contribution is -2.50. The third-order valence-corrected chi connectivity index (χ3v) is 5.15. The molecule has 1 unspecified atom stereocenters. The summed E-state index contributed by atoms with van der Waals surface area (Å²) < 4.78 is 11.1. The zero-order valence-electron chi connectivity index (χ0n) is 16.6. The van der Waals surface area contributed by atoms with E-state index >= 15 is 0 Å². The maximum absolute atomic E-state index is 12.9. The highest BCUT2D eigenvalue weighted by molar-refractivity contribution is 5.83. The van der Waals surface area contributed by atoms with Crippen molar-refractivity contribution in [2.24, 2.45) is 11.3 Å². The quantitative estimate of drug-likeness (QED) is 0.708. The van der Waals surface area contributed by atoms with E-state index in [9.17, 15) is 4.79 Å². The second-order valence-corrected chi connectivity index (χ2v) is 7.76. The van der Waals surface area contributed by atoms with Gasteiger partial charge < -0.3 is 20.1 Å². The van der Waals surface area contributed by atoms with Crippen molar-refractivity contribution in [3.05, 3.63) is 29.8 Å². The molecule has 0 bridgehead atoms. The molecule has 0 aromatic heterocycles. The van der Waals surface area contributed by atoms with Crippen LogP contribution in [0.1, 0.15) is 51.6 Å². The molecule has 1 saturated heterocycles. The smallest absolute Gasteiger partial charge is 0.229 e. The number of hydrogen-bond acceptors (Lipinski definition) is 4. The van der Waals surface area contributed by atoms with E-state index in [-0.39, 0.29) is 11.9 Å². The Balaban J connectivity index is 1.93. The number of carbonyl (C=O) groups is 1. The molecule has 1 aliphatic heterocycles. The van der Waals surface area contributed by atoms with Crippen LogP contribution >= 0.6 is 0 Å². The van der Waals surface area contributed by atoms with Crippen molar-refractivity contribution in [1.29, 1.82) is 0 Å². The molecule has 1 heterocycles. The van der Waals surface area contributed by atoms with Gasteiger partial charge in [0.1, 0.15) is 5.75 Å². The van der Waals surface area contributed by atoms with Crippen LogP contribution in [0, 0.1) is 11.3 Å². The average Bonchev–Trinajstić information content (AvgIpc) is 2.63. The number of ether oxygens (including phenoxy) is 2. The molecule has 1 atom stereocenters. The van der Waals surface area contributed by atoms with Crippen LogP contribution in [0.5, 0.6) is 5.75 Å². The van der Waals surface area contributed by atoms with E-state index in [0.29, 0.717) is 12.5 Å². The third kappa shape index (κ3) is 5.71.